The van der Waals surface area contributed by atoms with Crippen molar-refractivity contribution in [2.45, 2.75) is 26.9 Å². The van der Waals surface area contributed by atoms with E-state index in [1.165, 1.54) is 11.1 Å². The Morgan fingerprint density at radius 1 is 1.20 bits per heavy atom. The highest BCUT2D eigenvalue weighted by Gasteiger charge is 2.13. The van der Waals surface area contributed by atoms with Crippen LogP contribution in [0.1, 0.15) is 21.7 Å². The topological polar surface area (TPSA) is 52.3 Å². The first kappa shape index (κ1) is 15.8. The number of fused-ring (bicyclic) bond motifs is 2. The highest BCUT2D eigenvalue weighted by molar-refractivity contribution is 7.18. The molecule has 0 aliphatic rings. The molecule has 0 saturated heterocycles. The molecule has 4 nitrogen and oxygen atoms in total. The number of hydrogen-bond donors (Lipinski definition) is 0. The molecule has 2 aromatic heterocycles. The van der Waals surface area contributed by atoms with Crippen LogP contribution in [0.25, 0.3) is 21.2 Å². The van der Waals surface area contributed by atoms with E-state index in [1.807, 2.05) is 37.3 Å². The monoisotopic (exact) mass is 351 g/mol. The number of ether oxygens (including phenoxy) is 1. The van der Waals surface area contributed by atoms with Gasteiger partial charge in [0.15, 0.2) is 0 Å². The maximum atomic E-state index is 12.2. The van der Waals surface area contributed by atoms with Gasteiger partial charge in [-0.3, -0.25) is 4.79 Å². The van der Waals surface area contributed by atoms with E-state index in [2.05, 4.69) is 18.0 Å². The number of nitrogens with zero attached hydrogens (tertiary/aromatic N) is 1. The molecule has 0 aliphatic heterocycles. The smallest absolute Gasteiger partial charge is 0.310 e. The predicted octanol–water partition coefficient (Wildman–Crippen LogP) is 4.95. The zero-order valence-electron chi connectivity index (χ0n) is 14.0. The minimum absolute atomic E-state index is 0.195. The zero-order chi connectivity index (χ0) is 17.4. The lowest BCUT2D eigenvalue weighted by Crippen LogP contribution is -2.07. The fourth-order valence-corrected chi connectivity index (χ4v) is 3.68. The van der Waals surface area contributed by atoms with Gasteiger partial charge in [0, 0.05) is 10.9 Å². The van der Waals surface area contributed by atoms with E-state index in [9.17, 15) is 4.79 Å². The number of carbonyl (C=O) groups is 1. The molecule has 0 amide bonds. The van der Waals surface area contributed by atoms with Crippen LogP contribution in [-0.4, -0.2) is 11.0 Å². The van der Waals surface area contributed by atoms with Gasteiger partial charge in [-0.1, -0.05) is 12.1 Å². The number of hydrogen-bond acceptors (Lipinski definition) is 5. The molecule has 0 radical (unpaired) electrons. The molecule has 0 spiro atoms. The van der Waals surface area contributed by atoms with Crippen molar-refractivity contribution in [3.05, 3.63) is 64.4 Å². The van der Waals surface area contributed by atoms with Gasteiger partial charge in [0.1, 0.15) is 17.2 Å². The molecule has 2 heterocycles. The Balaban J connectivity index is 1.46. The molecule has 0 saturated carbocycles. The van der Waals surface area contributed by atoms with Crippen LogP contribution in [0.15, 0.2) is 47.1 Å². The van der Waals surface area contributed by atoms with Crippen LogP contribution in [0.3, 0.4) is 0 Å². The first-order chi connectivity index (χ1) is 12.1. The average Bonchev–Trinajstić information content (AvgIpc) is 3.18. The van der Waals surface area contributed by atoms with Crippen LogP contribution in [0.4, 0.5) is 0 Å². The Kier molecular flexibility index (Phi) is 4.01. The predicted molar refractivity (Wildman–Crippen MR) is 98.8 cm³/mol. The molecule has 4 aromatic rings. The second kappa shape index (κ2) is 6.33. The molecule has 0 bridgehead atoms. The van der Waals surface area contributed by atoms with E-state index in [0.717, 1.165) is 31.8 Å². The fourth-order valence-electron chi connectivity index (χ4n) is 2.80. The maximum absolute atomic E-state index is 12.2. The maximum Gasteiger partial charge on any atom is 0.310 e. The van der Waals surface area contributed by atoms with Crippen molar-refractivity contribution >= 4 is 38.5 Å². The van der Waals surface area contributed by atoms with Gasteiger partial charge in [-0.15, -0.1) is 11.3 Å². The van der Waals surface area contributed by atoms with Crippen molar-refractivity contribution in [2.24, 2.45) is 0 Å². The molecule has 25 heavy (non-hydrogen) atoms. The van der Waals surface area contributed by atoms with E-state index >= 15 is 0 Å². The standard InChI is InChI=1S/C20H17NO3S/c1-12-7-15-14(10-23-17(15)8-13(12)2)9-20(22)24-11-19-21-16-5-3-4-6-18(16)25-19/h3-8,10H,9,11H2,1-2H3. The minimum atomic E-state index is -0.278. The lowest BCUT2D eigenvalue weighted by molar-refractivity contribution is -0.144. The number of rotatable bonds is 4. The SMILES string of the molecule is Cc1cc2occ(CC(=O)OCc3nc4ccccc4s3)c2cc1C. The largest absolute Gasteiger partial charge is 0.464 e. The van der Waals surface area contributed by atoms with Crippen molar-refractivity contribution in [2.75, 3.05) is 0 Å². The summed E-state index contributed by atoms with van der Waals surface area (Å²) in [5, 5.41) is 1.78. The van der Waals surface area contributed by atoms with E-state index in [4.69, 9.17) is 9.15 Å². The third kappa shape index (κ3) is 3.15. The van der Waals surface area contributed by atoms with E-state index < -0.39 is 0 Å². The molecule has 0 atom stereocenters. The molecule has 2 aromatic carbocycles. The van der Waals surface area contributed by atoms with Crippen molar-refractivity contribution in [1.29, 1.82) is 0 Å². The quantitative estimate of drug-likeness (QED) is 0.488. The number of benzene rings is 2. The lowest BCUT2D eigenvalue weighted by atomic mass is 10.0. The normalized spacial score (nSPS) is 11.3. The summed E-state index contributed by atoms with van der Waals surface area (Å²) in [4.78, 5) is 16.7. The molecular formula is C20H17NO3S. The highest BCUT2D eigenvalue weighted by atomic mass is 32.1. The molecule has 126 valence electrons. The molecule has 0 unspecified atom stereocenters. The molecule has 5 heteroatoms. The Bertz CT molecular complexity index is 1040. The van der Waals surface area contributed by atoms with Crippen LogP contribution in [0.2, 0.25) is 0 Å². The van der Waals surface area contributed by atoms with Gasteiger partial charge in [0.05, 0.1) is 22.9 Å². The first-order valence-corrected chi connectivity index (χ1v) is 8.89. The van der Waals surface area contributed by atoms with Crippen LogP contribution < -0.4 is 0 Å². The van der Waals surface area contributed by atoms with Crippen molar-refractivity contribution in [1.82, 2.24) is 4.98 Å². The van der Waals surface area contributed by atoms with E-state index in [0.29, 0.717) is 0 Å². The number of esters is 1. The number of thiazole rings is 1. The number of aryl methyl sites for hydroxylation is 2. The molecular weight excluding hydrogens is 334 g/mol. The molecule has 4 rings (SSSR count). The van der Waals surface area contributed by atoms with Crippen molar-refractivity contribution in [3.63, 3.8) is 0 Å². The Morgan fingerprint density at radius 2 is 2.00 bits per heavy atom. The third-order valence-electron chi connectivity index (χ3n) is 4.30. The summed E-state index contributed by atoms with van der Waals surface area (Å²) >= 11 is 1.55. The van der Waals surface area contributed by atoms with Crippen molar-refractivity contribution < 1.29 is 13.9 Å². The van der Waals surface area contributed by atoms with Crippen LogP contribution in [-0.2, 0) is 22.6 Å². The number of carbonyl (C=O) groups excluding carboxylic acids is 1. The Labute approximate surface area is 149 Å². The molecule has 0 aliphatic carbocycles. The van der Waals surface area contributed by atoms with Crippen LogP contribution >= 0.6 is 11.3 Å². The van der Waals surface area contributed by atoms with Crippen LogP contribution in [0, 0.1) is 13.8 Å². The van der Waals surface area contributed by atoms with Gasteiger partial charge in [0.2, 0.25) is 0 Å². The summed E-state index contributed by atoms with van der Waals surface area (Å²) in [7, 11) is 0. The van der Waals surface area contributed by atoms with E-state index in [1.54, 1.807) is 17.6 Å². The van der Waals surface area contributed by atoms with Gasteiger partial charge < -0.3 is 9.15 Å². The number of para-hydroxylation sites is 1. The third-order valence-corrected chi connectivity index (χ3v) is 5.31. The summed E-state index contributed by atoms with van der Waals surface area (Å²) in [6.07, 6.45) is 1.84. The van der Waals surface area contributed by atoms with Gasteiger partial charge >= 0.3 is 5.97 Å². The number of furan rings is 1. The summed E-state index contributed by atoms with van der Waals surface area (Å²) in [5.74, 6) is -0.278. The Morgan fingerprint density at radius 3 is 2.84 bits per heavy atom. The van der Waals surface area contributed by atoms with E-state index in [-0.39, 0.29) is 19.0 Å². The zero-order valence-corrected chi connectivity index (χ0v) is 14.9. The lowest BCUT2D eigenvalue weighted by Gasteiger charge is -2.03. The Hall–Kier alpha value is -2.66. The summed E-state index contributed by atoms with van der Waals surface area (Å²) in [6, 6.07) is 12.0. The second-order valence-corrected chi connectivity index (χ2v) is 7.22. The minimum Gasteiger partial charge on any atom is -0.464 e. The summed E-state index contributed by atoms with van der Waals surface area (Å²) in [6.45, 7) is 4.30. The number of aromatic nitrogens is 1. The first-order valence-electron chi connectivity index (χ1n) is 8.07. The van der Waals surface area contributed by atoms with Gasteiger partial charge in [0.25, 0.3) is 0 Å². The van der Waals surface area contributed by atoms with Gasteiger partial charge in [-0.05, 0) is 49.2 Å². The fraction of sp³-hybridized carbons (Fsp3) is 0.200. The van der Waals surface area contributed by atoms with Crippen molar-refractivity contribution in [3.8, 4) is 0 Å². The average molecular weight is 351 g/mol. The van der Waals surface area contributed by atoms with Gasteiger partial charge in [-0.25, -0.2) is 4.98 Å². The molecule has 0 N–H and O–H groups in total. The van der Waals surface area contributed by atoms with Gasteiger partial charge in [-0.2, -0.15) is 0 Å². The molecule has 0 fully saturated rings. The highest BCUT2D eigenvalue weighted by Crippen LogP contribution is 2.26. The summed E-state index contributed by atoms with van der Waals surface area (Å²) in [5.41, 5.74) is 4.94. The second-order valence-electron chi connectivity index (χ2n) is 6.11. The van der Waals surface area contributed by atoms with Crippen LogP contribution in [0.5, 0.6) is 0 Å². The summed E-state index contributed by atoms with van der Waals surface area (Å²) < 4.78 is 12.1.